The summed E-state index contributed by atoms with van der Waals surface area (Å²) in [4.78, 5) is 23.2. The minimum atomic E-state index is -0.124. The first-order valence-electron chi connectivity index (χ1n) is 6.81. The first-order valence-corrected chi connectivity index (χ1v) is 7.34. The van der Waals surface area contributed by atoms with Crippen LogP contribution in [0.4, 0.5) is 0 Å². The molecule has 2 amide bonds. The fourth-order valence-corrected chi connectivity index (χ4v) is 1.84. The molecule has 0 radical (unpaired) electrons. The minimum absolute atomic E-state index is 0.000276. The van der Waals surface area contributed by atoms with Gasteiger partial charge in [0.1, 0.15) is 0 Å². The molecule has 1 aromatic rings. The van der Waals surface area contributed by atoms with Crippen molar-refractivity contribution in [1.29, 1.82) is 0 Å². The number of unbranched alkanes of at least 4 members (excludes halogenated alkanes) is 1. The molecule has 0 atom stereocenters. The highest BCUT2D eigenvalue weighted by Gasteiger charge is 2.04. The van der Waals surface area contributed by atoms with E-state index in [-0.39, 0.29) is 11.8 Å². The largest absolute Gasteiger partial charge is 0.354 e. The summed E-state index contributed by atoms with van der Waals surface area (Å²) in [6.07, 6.45) is 2.13. The summed E-state index contributed by atoms with van der Waals surface area (Å²) < 4.78 is 0. The van der Waals surface area contributed by atoms with Gasteiger partial charge in [0.15, 0.2) is 0 Å². The number of carbonyl (C=O) groups excluding carboxylic acids is 2. The fraction of sp³-hybridized carbons (Fsp3) is 0.467. The van der Waals surface area contributed by atoms with E-state index in [0.29, 0.717) is 31.0 Å². The lowest BCUT2D eigenvalue weighted by atomic mass is 10.1. The zero-order valence-corrected chi connectivity index (χ0v) is 12.5. The van der Waals surface area contributed by atoms with Gasteiger partial charge in [-0.15, -0.1) is 11.6 Å². The monoisotopic (exact) mass is 296 g/mol. The Balaban J connectivity index is 2.16. The van der Waals surface area contributed by atoms with Crippen LogP contribution in [0, 0.1) is 6.92 Å². The SMILES string of the molecule is Cc1ccc(C(=O)NCCNC(=O)CCCCCl)cc1. The van der Waals surface area contributed by atoms with Crippen LogP contribution in [-0.2, 0) is 4.79 Å². The number of halogens is 1. The summed E-state index contributed by atoms with van der Waals surface area (Å²) in [6, 6.07) is 7.37. The van der Waals surface area contributed by atoms with Crippen molar-refractivity contribution in [1.82, 2.24) is 10.6 Å². The zero-order chi connectivity index (χ0) is 14.8. The van der Waals surface area contributed by atoms with Crippen LogP contribution in [0.1, 0.15) is 35.2 Å². The minimum Gasteiger partial charge on any atom is -0.354 e. The van der Waals surface area contributed by atoms with Crippen molar-refractivity contribution < 1.29 is 9.59 Å². The molecule has 110 valence electrons. The second-order valence-electron chi connectivity index (χ2n) is 4.62. The smallest absolute Gasteiger partial charge is 0.251 e. The molecule has 0 fully saturated rings. The normalized spacial score (nSPS) is 10.1. The third-order valence-corrected chi connectivity index (χ3v) is 3.10. The second-order valence-corrected chi connectivity index (χ2v) is 5.00. The molecule has 0 aromatic heterocycles. The van der Waals surface area contributed by atoms with Gasteiger partial charge in [-0.25, -0.2) is 0 Å². The molecule has 4 nitrogen and oxygen atoms in total. The fourth-order valence-electron chi connectivity index (χ4n) is 1.65. The van der Waals surface area contributed by atoms with Crippen LogP contribution in [0.2, 0.25) is 0 Å². The van der Waals surface area contributed by atoms with Crippen molar-refractivity contribution in [3.63, 3.8) is 0 Å². The van der Waals surface area contributed by atoms with Crippen LogP contribution in [-0.4, -0.2) is 30.8 Å². The quantitative estimate of drug-likeness (QED) is 0.571. The molecule has 0 aliphatic heterocycles. The van der Waals surface area contributed by atoms with Crippen molar-refractivity contribution in [3.05, 3.63) is 35.4 Å². The van der Waals surface area contributed by atoms with Gasteiger partial charge in [-0.05, 0) is 31.9 Å². The number of hydrogen-bond donors (Lipinski definition) is 2. The molecule has 0 aliphatic rings. The van der Waals surface area contributed by atoms with Crippen LogP contribution < -0.4 is 10.6 Å². The number of alkyl halides is 1. The van der Waals surface area contributed by atoms with Crippen LogP contribution >= 0.6 is 11.6 Å². The number of carbonyl (C=O) groups is 2. The second kappa shape index (κ2) is 9.37. The summed E-state index contributed by atoms with van der Waals surface area (Å²) in [5.41, 5.74) is 1.75. The maximum atomic E-state index is 11.8. The lowest BCUT2D eigenvalue weighted by Crippen LogP contribution is -2.34. The van der Waals surface area contributed by atoms with Gasteiger partial charge < -0.3 is 10.6 Å². The summed E-state index contributed by atoms with van der Waals surface area (Å²) in [5.74, 6) is 0.459. The van der Waals surface area contributed by atoms with Crippen molar-refractivity contribution in [2.75, 3.05) is 19.0 Å². The van der Waals surface area contributed by atoms with Crippen molar-refractivity contribution in [3.8, 4) is 0 Å². The number of rotatable bonds is 8. The summed E-state index contributed by atoms with van der Waals surface area (Å²) in [6.45, 7) is 2.84. The Hall–Kier alpha value is -1.55. The van der Waals surface area contributed by atoms with Crippen molar-refractivity contribution in [2.24, 2.45) is 0 Å². The van der Waals surface area contributed by atoms with Crippen molar-refractivity contribution in [2.45, 2.75) is 26.2 Å². The Morgan fingerprint density at radius 2 is 1.70 bits per heavy atom. The molecular weight excluding hydrogens is 276 g/mol. The van der Waals surface area contributed by atoms with E-state index in [0.717, 1.165) is 18.4 Å². The highest BCUT2D eigenvalue weighted by atomic mass is 35.5. The van der Waals surface area contributed by atoms with Gasteiger partial charge in [-0.1, -0.05) is 17.7 Å². The van der Waals surface area contributed by atoms with E-state index in [4.69, 9.17) is 11.6 Å². The standard InChI is InChI=1S/C15H21ClN2O2/c1-12-5-7-13(8-6-12)15(20)18-11-10-17-14(19)4-2-3-9-16/h5-8H,2-4,9-11H2,1H3,(H,17,19)(H,18,20). The Bertz CT molecular complexity index is 432. The average molecular weight is 297 g/mol. The average Bonchev–Trinajstić information content (AvgIpc) is 2.44. The molecule has 5 heteroatoms. The van der Waals surface area contributed by atoms with Crippen LogP contribution in [0.3, 0.4) is 0 Å². The molecule has 1 aromatic carbocycles. The van der Waals surface area contributed by atoms with E-state index < -0.39 is 0 Å². The Morgan fingerprint density at radius 3 is 2.35 bits per heavy atom. The van der Waals surface area contributed by atoms with E-state index in [2.05, 4.69) is 10.6 Å². The summed E-state index contributed by atoms with van der Waals surface area (Å²) >= 11 is 5.54. The molecule has 1 rings (SSSR count). The van der Waals surface area contributed by atoms with E-state index in [1.807, 2.05) is 19.1 Å². The molecule has 0 saturated heterocycles. The Kier molecular flexibility index (Phi) is 7.73. The van der Waals surface area contributed by atoms with Crippen LogP contribution in [0.25, 0.3) is 0 Å². The molecular formula is C15H21ClN2O2. The van der Waals surface area contributed by atoms with Crippen LogP contribution in [0.5, 0.6) is 0 Å². The predicted octanol–water partition coefficient (Wildman–Crippen LogP) is 2.25. The topological polar surface area (TPSA) is 58.2 Å². The van der Waals surface area contributed by atoms with Gasteiger partial charge in [0.05, 0.1) is 0 Å². The molecule has 0 spiro atoms. The Morgan fingerprint density at radius 1 is 1.05 bits per heavy atom. The van der Waals surface area contributed by atoms with E-state index in [1.165, 1.54) is 0 Å². The van der Waals surface area contributed by atoms with Gasteiger partial charge in [-0.3, -0.25) is 9.59 Å². The first kappa shape index (κ1) is 16.5. The predicted molar refractivity (Wildman–Crippen MR) is 81.1 cm³/mol. The van der Waals surface area contributed by atoms with Crippen molar-refractivity contribution >= 4 is 23.4 Å². The van der Waals surface area contributed by atoms with E-state index in [9.17, 15) is 9.59 Å². The Labute approximate surface area is 124 Å². The lowest BCUT2D eigenvalue weighted by molar-refractivity contribution is -0.121. The summed E-state index contributed by atoms with van der Waals surface area (Å²) in [5, 5.41) is 5.53. The third-order valence-electron chi connectivity index (χ3n) is 2.83. The number of aryl methyl sites for hydroxylation is 1. The van der Waals surface area contributed by atoms with Gasteiger partial charge in [0.25, 0.3) is 5.91 Å². The number of hydrogen-bond acceptors (Lipinski definition) is 2. The number of amides is 2. The molecule has 0 saturated carbocycles. The van der Waals surface area contributed by atoms with Crippen LogP contribution in [0.15, 0.2) is 24.3 Å². The van der Waals surface area contributed by atoms with E-state index in [1.54, 1.807) is 12.1 Å². The molecule has 0 heterocycles. The van der Waals surface area contributed by atoms with E-state index >= 15 is 0 Å². The molecule has 0 bridgehead atoms. The van der Waals surface area contributed by atoms with Gasteiger partial charge >= 0.3 is 0 Å². The highest BCUT2D eigenvalue weighted by Crippen LogP contribution is 2.02. The van der Waals surface area contributed by atoms with Gasteiger partial charge in [0.2, 0.25) is 5.91 Å². The molecule has 0 unspecified atom stereocenters. The number of nitrogens with one attached hydrogen (secondary N) is 2. The zero-order valence-electron chi connectivity index (χ0n) is 11.7. The molecule has 2 N–H and O–H groups in total. The lowest BCUT2D eigenvalue weighted by Gasteiger charge is -2.07. The molecule has 20 heavy (non-hydrogen) atoms. The van der Waals surface area contributed by atoms with Gasteiger partial charge in [0, 0.05) is 31.0 Å². The third kappa shape index (κ3) is 6.57. The summed E-state index contributed by atoms with van der Waals surface area (Å²) in [7, 11) is 0. The maximum absolute atomic E-state index is 11.8. The first-order chi connectivity index (χ1) is 9.63. The highest BCUT2D eigenvalue weighted by molar-refractivity contribution is 6.17. The maximum Gasteiger partial charge on any atom is 0.251 e. The van der Waals surface area contributed by atoms with Gasteiger partial charge in [-0.2, -0.15) is 0 Å². The molecule has 0 aliphatic carbocycles. The number of benzene rings is 1.